The smallest absolute Gasteiger partial charge is 0.0459 e. The van der Waals surface area contributed by atoms with Gasteiger partial charge < -0.3 is 5.32 Å². The molecule has 1 N–H and O–H groups in total. The quantitative estimate of drug-likeness (QED) is 0.850. The molecule has 94 valence electrons. The van der Waals surface area contributed by atoms with Crippen LogP contribution in [0, 0.1) is 6.92 Å². The summed E-state index contributed by atoms with van der Waals surface area (Å²) in [6, 6.07) is 14.9. The summed E-state index contributed by atoms with van der Waals surface area (Å²) in [5.41, 5.74) is 4.81. The fraction of sp³-hybridized carbons (Fsp3) is 0.250. The first-order valence-electron chi connectivity index (χ1n) is 6.16. The Morgan fingerprint density at radius 3 is 2.44 bits per heavy atom. The van der Waals surface area contributed by atoms with E-state index in [1.807, 2.05) is 13.1 Å². The standard InChI is InChI=1S/C16H18ClN/c1-11-6-4-5-7-14(11)13-8-9-15(12(2)18-3)16(17)10-13/h4-10,12,18H,1-3H3. The fourth-order valence-corrected chi connectivity index (χ4v) is 2.44. The van der Waals surface area contributed by atoms with Gasteiger partial charge in [0.15, 0.2) is 0 Å². The van der Waals surface area contributed by atoms with E-state index in [9.17, 15) is 0 Å². The maximum absolute atomic E-state index is 6.37. The molecule has 1 nitrogen and oxygen atoms in total. The summed E-state index contributed by atoms with van der Waals surface area (Å²) >= 11 is 6.37. The Morgan fingerprint density at radius 1 is 1.11 bits per heavy atom. The maximum Gasteiger partial charge on any atom is 0.0459 e. The number of aryl methyl sites for hydroxylation is 1. The van der Waals surface area contributed by atoms with Gasteiger partial charge in [-0.2, -0.15) is 0 Å². The Labute approximate surface area is 114 Å². The van der Waals surface area contributed by atoms with Gasteiger partial charge in [0, 0.05) is 11.1 Å². The van der Waals surface area contributed by atoms with Crippen LogP contribution in [0.3, 0.4) is 0 Å². The van der Waals surface area contributed by atoms with Crippen molar-refractivity contribution in [1.82, 2.24) is 5.32 Å². The molecule has 0 aromatic heterocycles. The van der Waals surface area contributed by atoms with Crippen molar-refractivity contribution >= 4 is 11.6 Å². The van der Waals surface area contributed by atoms with E-state index >= 15 is 0 Å². The molecular formula is C16H18ClN. The molecule has 1 unspecified atom stereocenters. The summed E-state index contributed by atoms with van der Waals surface area (Å²) in [5.74, 6) is 0. The fourth-order valence-electron chi connectivity index (χ4n) is 2.10. The molecule has 2 rings (SSSR count). The van der Waals surface area contributed by atoms with Gasteiger partial charge in [-0.1, -0.05) is 48.0 Å². The number of benzene rings is 2. The number of nitrogens with one attached hydrogen (secondary N) is 1. The SMILES string of the molecule is CNC(C)c1ccc(-c2ccccc2C)cc1Cl. The molecule has 0 aliphatic carbocycles. The first-order valence-corrected chi connectivity index (χ1v) is 6.54. The lowest BCUT2D eigenvalue weighted by atomic mass is 9.98. The Bertz CT molecular complexity index is 549. The van der Waals surface area contributed by atoms with Crippen LogP contribution in [0.5, 0.6) is 0 Å². The third-order valence-electron chi connectivity index (χ3n) is 3.36. The average molecular weight is 260 g/mol. The van der Waals surface area contributed by atoms with E-state index in [1.165, 1.54) is 16.7 Å². The van der Waals surface area contributed by atoms with Crippen LogP contribution in [0.25, 0.3) is 11.1 Å². The second kappa shape index (κ2) is 5.55. The molecular weight excluding hydrogens is 242 g/mol. The third-order valence-corrected chi connectivity index (χ3v) is 3.68. The van der Waals surface area contributed by atoms with E-state index in [2.05, 4.69) is 55.6 Å². The molecule has 0 spiro atoms. The average Bonchev–Trinajstić information content (AvgIpc) is 2.38. The molecule has 0 amide bonds. The lowest BCUT2D eigenvalue weighted by molar-refractivity contribution is 0.652. The molecule has 1 atom stereocenters. The van der Waals surface area contributed by atoms with Crippen LogP contribution in [0.15, 0.2) is 42.5 Å². The number of hydrogen-bond donors (Lipinski definition) is 1. The van der Waals surface area contributed by atoms with Gasteiger partial charge in [0.05, 0.1) is 0 Å². The maximum atomic E-state index is 6.37. The van der Waals surface area contributed by atoms with Crippen molar-refractivity contribution in [3.63, 3.8) is 0 Å². The zero-order chi connectivity index (χ0) is 13.1. The van der Waals surface area contributed by atoms with Crippen LogP contribution in [0.2, 0.25) is 5.02 Å². The van der Waals surface area contributed by atoms with E-state index in [-0.39, 0.29) is 6.04 Å². The minimum absolute atomic E-state index is 0.267. The summed E-state index contributed by atoms with van der Waals surface area (Å²) in [7, 11) is 1.94. The Balaban J connectivity index is 2.44. The molecule has 0 saturated carbocycles. The highest BCUT2D eigenvalue weighted by Gasteiger charge is 2.09. The van der Waals surface area contributed by atoms with Gasteiger partial charge in [-0.3, -0.25) is 0 Å². The highest BCUT2D eigenvalue weighted by molar-refractivity contribution is 6.31. The lowest BCUT2D eigenvalue weighted by Crippen LogP contribution is -2.12. The van der Waals surface area contributed by atoms with E-state index < -0.39 is 0 Å². The van der Waals surface area contributed by atoms with Crippen molar-refractivity contribution in [2.75, 3.05) is 7.05 Å². The van der Waals surface area contributed by atoms with E-state index in [1.54, 1.807) is 0 Å². The summed E-state index contributed by atoms with van der Waals surface area (Å²) in [5, 5.41) is 4.03. The molecule has 2 aromatic carbocycles. The molecule has 0 radical (unpaired) electrons. The van der Waals surface area contributed by atoms with Crippen molar-refractivity contribution in [2.24, 2.45) is 0 Å². The summed E-state index contributed by atoms with van der Waals surface area (Å²) in [4.78, 5) is 0. The Morgan fingerprint density at radius 2 is 1.83 bits per heavy atom. The highest BCUT2D eigenvalue weighted by Crippen LogP contribution is 2.30. The van der Waals surface area contributed by atoms with Crippen molar-refractivity contribution in [3.05, 3.63) is 58.6 Å². The minimum Gasteiger partial charge on any atom is -0.313 e. The van der Waals surface area contributed by atoms with Crippen LogP contribution < -0.4 is 5.32 Å². The van der Waals surface area contributed by atoms with Crippen LogP contribution in [0.1, 0.15) is 24.1 Å². The first kappa shape index (κ1) is 13.1. The normalized spacial score (nSPS) is 12.4. The van der Waals surface area contributed by atoms with Crippen LogP contribution in [-0.4, -0.2) is 7.05 Å². The third kappa shape index (κ3) is 2.58. The molecule has 0 heterocycles. The highest BCUT2D eigenvalue weighted by atomic mass is 35.5. The van der Waals surface area contributed by atoms with Gasteiger partial charge in [-0.15, -0.1) is 0 Å². The monoisotopic (exact) mass is 259 g/mol. The minimum atomic E-state index is 0.267. The second-order valence-corrected chi connectivity index (χ2v) is 4.97. The van der Waals surface area contributed by atoms with Gasteiger partial charge in [0.2, 0.25) is 0 Å². The Hall–Kier alpha value is -1.31. The molecule has 0 aliphatic heterocycles. The van der Waals surface area contributed by atoms with Crippen molar-refractivity contribution in [3.8, 4) is 11.1 Å². The largest absolute Gasteiger partial charge is 0.313 e. The predicted molar refractivity (Wildman–Crippen MR) is 79.1 cm³/mol. The van der Waals surface area contributed by atoms with Crippen LogP contribution in [0.4, 0.5) is 0 Å². The summed E-state index contributed by atoms with van der Waals surface area (Å²) in [6.07, 6.45) is 0. The Kier molecular flexibility index (Phi) is 4.05. The molecule has 0 saturated heterocycles. The van der Waals surface area contributed by atoms with Gasteiger partial charge in [-0.25, -0.2) is 0 Å². The van der Waals surface area contributed by atoms with Crippen molar-refractivity contribution in [2.45, 2.75) is 19.9 Å². The summed E-state index contributed by atoms with van der Waals surface area (Å²) in [6.45, 7) is 4.22. The van der Waals surface area contributed by atoms with Gasteiger partial charge in [-0.05, 0) is 49.2 Å². The molecule has 0 fully saturated rings. The van der Waals surface area contributed by atoms with E-state index in [4.69, 9.17) is 11.6 Å². The molecule has 18 heavy (non-hydrogen) atoms. The first-order chi connectivity index (χ1) is 8.63. The molecule has 2 heteroatoms. The molecule has 2 aromatic rings. The van der Waals surface area contributed by atoms with Gasteiger partial charge in [0.25, 0.3) is 0 Å². The zero-order valence-corrected chi connectivity index (χ0v) is 11.8. The number of hydrogen-bond acceptors (Lipinski definition) is 1. The van der Waals surface area contributed by atoms with E-state index in [0.29, 0.717) is 0 Å². The predicted octanol–water partition coefficient (Wildman–Crippen LogP) is 4.60. The molecule has 0 bridgehead atoms. The molecule has 0 aliphatic rings. The topological polar surface area (TPSA) is 12.0 Å². The van der Waals surface area contributed by atoms with Gasteiger partial charge >= 0.3 is 0 Å². The van der Waals surface area contributed by atoms with E-state index in [0.717, 1.165) is 10.6 Å². The van der Waals surface area contributed by atoms with Crippen LogP contribution >= 0.6 is 11.6 Å². The van der Waals surface area contributed by atoms with Crippen molar-refractivity contribution < 1.29 is 0 Å². The van der Waals surface area contributed by atoms with Crippen LogP contribution in [-0.2, 0) is 0 Å². The second-order valence-electron chi connectivity index (χ2n) is 4.56. The van der Waals surface area contributed by atoms with Gasteiger partial charge in [0.1, 0.15) is 0 Å². The zero-order valence-electron chi connectivity index (χ0n) is 11.0. The number of halogens is 1. The number of rotatable bonds is 3. The summed E-state index contributed by atoms with van der Waals surface area (Å²) < 4.78 is 0. The lowest BCUT2D eigenvalue weighted by Gasteiger charge is -2.14. The van der Waals surface area contributed by atoms with Crippen molar-refractivity contribution in [1.29, 1.82) is 0 Å².